The van der Waals surface area contributed by atoms with Crippen molar-refractivity contribution >= 4 is 28.7 Å². The van der Waals surface area contributed by atoms with E-state index in [1.54, 1.807) is 6.33 Å². The fourth-order valence-corrected chi connectivity index (χ4v) is 4.74. The molecule has 0 N–H and O–H groups in total. The highest BCUT2D eigenvalue weighted by atomic mass is 32.2. The molecule has 0 spiro atoms. The number of piperidine rings is 1. The minimum Gasteiger partial charge on any atom is -0.341 e. The summed E-state index contributed by atoms with van der Waals surface area (Å²) in [5.41, 5.74) is 1.98. The molecule has 128 valence electrons. The number of likely N-dealkylation sites (tertiary alicyclic amines) is 1. The molecular weight excluding hydrogens is 320 g/mol. The molecule has 2 aromatic rings. The van der Waals surface area contributed by atoms with Crippen molar-refractivity contribution in [3.05, 3.63) is 30.6 Å². The molecule has 5 nitrogen and oxygen atoms in total. The van der Waals surface area contributed by atoms with Crippen LogP contribution in [-0.2, 0) is 11.3 Å². The second-order valence-electron chi connectivity index (χ2n) is 6.62. The summed E-state index contributed by atoms with van der Waals surface area (Å²) in [6, 6.07) is 8.65. The van der Waals surface area contributed by atoms with Gasteiger partial charge in [0, 0.05) is 43.7 Å². The Balaban J connectivity index is 1.34. The summed E-state index contributed by atoms with van der Waals surface area (Å²) < 4.78 is 1.96. The molecule has 4 rings (SSSR count). The number of fused-ring (bicyclic) bond motifs is 1. The van der Waals surface area contributed by atoms with Gasteiger partial charge in [0.05, 0.1) is 17.4 Å². The molecule has 2 aliphatic heterocycles. The van der Waals surface area contributed by atoms with Crippen LogP contribution in [0.15, 0.2) is 30.6 Å². The quantitative estimate of drug-likeness (QED) is 0.855. The number of carbonyl (C=O) groups is 1. The minimum absolute atomic E-state index is 0.214. The third kappa shape index (κ3) is 3.30. The predicted molar refractivity (Wildman–Crippen MR) is 98.2 cm³/mol. The lowest BCUT2D eigenvalue weighted by atomic mass is 10.0. The number of aromatic nitrogens is 2. The number of thioether (sulfide) groups is 1. The van der Waals surface area contributed by atoms with E-state index in [4.69, 9.17) is 0 Å². The van der Waals surface area contributed by atoms with Crippen LogP contribution in [0.5, 0.6) is 0 Å². The Bertz CT molecular complexity index is 702. The number of rotatable bonds is 3. The zero-order chi connectivity index (χ0) is 16.4. The van der Waals surface area contributed by atoms with Gasteiger partial charge in [-0.25, -0.2) is 4.98 Å². The van der Waals surface area contributed by atoms with Crippen LogP contribution in [0.25, 0.3) is 11.0 Å². The fourth-order valence-electron chi connectivity index (χ4n) is 3.81. The van der Waals surface area contributed by atoms with E-state index in [0.717, 1.165) is 37.0 Å². The van der Waals surface area contributed by atoms with Crippen molar-refractivity contribution in [3.8, 4) is 0 Å². The summed E-state index contributed by atoms with van der Waals surface area (Å²) in [5.74, 6) is 2.73. The Morgan fingerprint density at radius 2 is 1.88 bits per heavy atom. The van der Waals surface area contributed by atoms with Crippen LogP contribution in [-0.4, -0.2) is 69.0 Å². The van der Waals surface area contributed by atoms with E-state index in [0.29, 0.717) is 12.6 Å². The smallest absolute Gasteiger partial charge is 0.242 e. The molecule has 3 heterocycles. The molecule has 0 aliphatic carbocycles. The summed E-state index contributed by atoms with van der Waals surface area (Å²) in [6.45, 7) is 4.60. The second kappa shape index (κ2) is 7.15. The molecule has 0 atom stereocenters. The average Bonchev–Trinajstić information content (AvgIpc) is 3.06. The van der Waals surface area contributed by atoms with Crippen molar-refractivity contribution in [1.29, 1.82) is 0 Å². The zero-order valence-electron chi connectivity index (χ0n) is 13.9. The molecule has 0 bridgehead atoms. The first kappa shape index (κ1) is 16.0. The lowest BCUT2D eigenvalue weighted by Crippen LogP contribution is -2.49. The van der Waals surface area contributed by atoms with E-state index in [9.17, 15) is 4.79 Å². The van der Waals surface area contributed by atoms with Gasteiger partial charge in [-0.05, 0) is 25.0 Å². The zero-order valence-corrected chi connectivity index (χ0v) is 14.7. The molecule has 0 unspecified atom stereocenters. The molecule has 0 saturated carbocycles. The summed E-state index contributed by atoms with van der Waals surface area (Å²) >= 11 is 2.06. The Kier molecular flexibility index (Phi) is 4.76. The van der Waals surface area contributed by atoms with Crippen LogP contribution in [0.4, 0.5) is 0 Å². The Hall–Kier alpha value is -1.53. The predicted octanol–water partition coefficient (Wildman–Crippen LogP) is 2.08. The summed E-state index contributed by atoms with van der Waals surface area (Å²) in [6.07, 6.45) is 4.00. The normalized spacial score (nSPS) is 20.6. The second-order valence-corrected chi connectivity index (χ2v) is 7.85. The number of benzene rings is 1. The molecule has 1 amide bonds. The number of imidazole rings is 1. The van der Waals surface area contributed by atoms with Crippen LogP contribution in [0.2, 0.25) is 0 Å². The van der Waals surface area contributed by atoms with Crippen LogP contribution >= 0.6 is 11.8 Å². The van der Waals surface area contributed by atoms with E-state index in [2.05, 4.69) is 21.6 Å². The molecule has 1 aromatic carbocycles. The average molecular weight is 344 g/mol. The van der Waals surface area contributed by atoms with E-state index >= 15 is 0 Å². The highest BCUT2D eigenvalue weighted by Crippen LogP contribution is 2.21. The molecule has 6 heteroatoms. The first-order valence-electron chi connectivity index (χ1n) is 8.81. The first-order chi connectivity index (χ1) is 11.8. The Morgan fingerprint density at radius 3 is 2.67 bits per heavy atom. The highest BCUT2D eigenvalue weighted by molar-refractivity contribution is 7.99. The SMILES string of the molecule is O=C(Cn1cnc2ccccc21)N1CCC(N2CCSCC2)CC1. The van der Waals surface area contributed by atoms with Gasteiger partial charge in [0.25, 0.3) is 0 Å². The third-order valence-electron chi connectivity index (χ3n) is 5.21. The van der Waals surface area contributed by atoms with Crippen LogP contribution in [0, 0.1) is 0 Å². The van der Waals surface area contributed by atoms with Crippen molar-refractivity contribution in [2.45, 2.75) is 25.4 Å². The molecule has 24 heavy (non-hydrogen) atoms. The fraction of sp³-hybridized carbons (Fsp3) is 0.556. The lowest BCUT2D eigenvalue weighted by Gasteiger charge is -2.40. The van der Waals surface area contributed by atoms with Gasteiger partial charge in [-0.15, -0.1) is 0 Å². The van der Waals surface area contributed by atoms with Crippen molar-refractivity contribution < 1.29 is 4.79 Å². The Morgan fingerprint density at radius 1 is 1.12 bits per heavy atom. The van der Waals surface area contributed by atoms with E-state index in [1.165, 1.54) is 24.6 Å². The number of nitrogens with zero attached hydrogens (tertiary/aromatic N) is 4. The number of amides is 1. The lowest BCUT2D eigenvalue weighted by molar-refractivity contribution is -0.133. The van der Waals surface area contributed by atoms with Crippen molar-refractivity contribution in [2.75, 3.05) is 37.7 Å². The van der Waals surface area contributed by atoms with Crippen molar-refractivity contribution in [2.24, 2.45) is 0 Å². The van der Waals surface area contributed by atoms with E-state index < -0.39 is 0 Å². The van der Waals surface area contributed by atoms with Crippen LogP contribution in [0.1, 0.15) is 12.8 Å². The van der Waals surface area contributed by atoms with Gasteiger partial charge < -0.3 is 9.47 Å². The van der Waals surface area contributed by atoms with Gasteiger partial charge in [-0.1, -0.05) is 12.1 Å². The Labute approximate surface area is 147 Å². The molecular formula is C18H24N4OS. The minimum atomic E-state index is 0.214. The van der Waals surface area contributed by atoms with Gasteiger partial charge >= 0.3 is 0 Å². The first-order valence-corrected chi connectivity index (χ1v) is 9.96. The molecule has 2 fully saturated rings. The van der Waals surface area contributed by atoms with Crippen molar-refractivity contribution in [3.63, 3.8) is 0 Å². The van der Waals surface area contributed by atoms with Crippen LogP contribution in [0.3, 0.4) is 0 Å². The van der Waals surface area contributed by atoms with Gasteiger partial charge in [-0.3, -0.25) is 9.69 Å². The largest absolute Gasteiger partial charge is 0.341 e. The topological polar surface area (TPSA) is 41.4 Å². The van der Waals surface area contributed by atoms with E-state index in [1.807, 2.05) is 33.7 Å². The van der Waals surface area contributed by atoms with Gasteiger partial charge in [0.2, 0.25) is 5.91 Å². The monoisotopic (exact) mass is 344 g/mol. The maximum absolute atomic E-state index is 12.7. The summed E-state index contributed by atoms with van der Waals surface area (Å²) in [4.78, 5) is 21.7. The number of hydrogen-bond donors (Lipinski definition) is 0. The summed E-state index contributed by atoms with van der Waals surface area (Å²) in [5, 5.41) is 0. The maximum atomic E-state index is 12.7. The third-order valence-corrected chi connectivity index (χ3v) is 6.15. The van der Waals surface area contributed by atoms with Gasteiger partial charge in [0.1, 0.15) is 6.54 Å². The summed E-state index contributed by atoms with van der Waals surface area (Å²) in [7, 11) is 0. The number of para-hydroxylation sites is 2. The van der Waals surface area contributed by atoms with Gasteiger partial charge in [-0.2, -0.15) is 11.8 Å². The molecule has 0 radical (unpaired) electrons. The molecule has 2 saturated heterocycles. The standard InChI is InChI=1S/C18H24N4OS/c23-18(13-22-14-19-16-3-1-2-4-17(16)22)21-7-5-15(6-8-21)20-9-11-24-12-10-20/h1-4,14-15H,5-13H2. The maximum Gasteiger partial charge on any atom is 0.242 e. The van der Waals surface area contributed by atoms with Crippen LogP contribution < -0.4 is 0 Å². The molecule has 2 aliphatic rings. The number of carbonyl (C=O) groups excluding carboxylic acids is 1. The highest BCUT2D eigenvalue weighted by Gasteiger charge is 2.27. The van der Waals surface area contributed by atoms with Crippen molar-refractivity contribution in [1.82, 2.24) is 19.4 Å². The van der Waals surface area contributed by atoms with E-state index in [-0.39, 0.29) is 5.91 Å². The van der Waals surface area contributed by atoms with Gasteiger partial charge in [0.15, 0.2) is 0 Å². The molecule has 1 aromatic heterocycles. The number of hydrogen-bond acceptors (Lipinski definition) is 4.